The fourth-order valence-corrected chi connectivity index (χ4v) is 6.08. The first-order valence-electron chi connectivity index (χ1n) is 13.8. The van der Waals surface area contributed by atoms with Crippen molar-refractivity contribution in [1.29, 1.82) is 0 Å². The number of carboxylic acids is 1. The Morgan fingerprint density at radius 2 is 1.73 bits per heavy atom. The van der Waals surface area contributed by atoms with Crippen LogP contribution in [0.15, 0.2) is 66.7 Å². The van der Waals surface area contributed by atoms with E-state index in [1.165, 1.54) is 11.0 Å². The number of rotatable bonds is 7. The topological polar surface area (TPSA) is 86.7 Å². The van der Waals surface area contributed by atoms with E-state index in [2.05, 4.69) is 5.32 Å². The van der Waals surface area contributed by atoms with Crippen LogP contribution in [0.25, 0.3) is 11.1 Å². The lowest BCUT2D eigenvalue weighted by molar-refractivity contribution is -0.199. The number of amides is 2. The first-order valence-corrected chi connectivity index (χ1v) is 13.8. The Morgan fingerprint density at radius 3 is 2.41 bits per heavy atom. The molecule has 0 saturated heterocycles. The normalized spacial score (nSPS) is 20.6. The predicted molar refractivity (Wildman–Crippen MR) is 145 cm³/mol. The average Bonchev–Trinajstić information content (AvgIpc) is 3.89. The summed E-state index contributed by atoms with van der Waals surface area (Å²) < 4.78 is 41.3. The molecule has 2 N–H and O–H groups in total. The van der Waals surface area contributed by atoms with Gasteiger partial charge in [0.1, 0.15) is 5.41 Å². The van der Waals surface area contributed by atoms with Gasteiger partial charge in [-0.25, -0.2) is 4.79 Å². The van der Waals surface area contributed by atoms with Crippen LogP contribution in [0, 0.1) is 11.3 Å². The largest absolute Gasteiger partial charge is 0.478 e. The summed E-state index contributed by atoms with van der Waals surface area (Å²) in [6.07, 6.45) is -3.92. The number of nitrogens with zero attached hydrogens (tertiary/aromatic N) is 1. The van der Waals surface area contributed by atoms with Crippen molar-refractivity contribution in [2.24, 2.45) is 11.3 Å². The Labute approximate surface area is 235 Å². The molecule has 6 nitrogen and oxygen atoms in total. The van der Waals surface area contributed by atoms with Crippen molar-refractivity contribution < 1.29 is 32.7 Å². The van der Waals surface area contributed by atoms with Gasteiger partial charge in [0, 0.05) is 25.6 Å². The number of halogens is 3. The Kier molecular flexibility index (Phi) is 6.63. The molecule has 2 fully saturated rings. The molecule has 3 aromatic rings. The zero-order valence-corrected chi connectivity index (χ0v) is 22.2. The predicted octanol–water partition coefficient (Wildman–Crippen LogP) is 5.70. The van der Waals surface area contributed by atoms with Crippen LogP contribution in [0.3, 0.4) is 0 Å². The highest BCUT2D eigenvalue weighted by Gasteiger charge is 2.69. The van der Waals surface area contributed by atoms with Crippen molar-refractivity contribution in [3.63, 3.8) is 0 Å². The van der Waals surface area contributed by atoms with E-state index < -0.39 is 23.5 Å². The van der Waals surface area contributed by atoms with Gasteiger partial charge in [0.2, 0.25) is 11.8 Å². The SMILES string of the molecule is O=C(O)c1cccc(-c2ccc(CNC(=O)[C@@H]3C[C@@H]3c3ccccc3)c3c2CCN(C(=O)C2(C(F)(F)F)CC2)C3)c1. The zero-order valence-electron chi connectivity index (χ0n) is 22.2. The van der Waals surface area contributed by atoms with Crippen LogP contribution in [0.1, 0.15) is 57.8 Å². The van der Waals surface area contributed by atoms with E-state index in [1.807, 2.05) is 42.5 Å². The number of carboxylic acid groups (broad SMARTS) is 1. The second-order valence-electron chi connectivity index (χ2n) is 11.2. The number of benzene rings is 3. The first kappa shape index (κ1) is 27.1. The number of carbonyl (C=O) groups is 3. The van der Waals surface area contributed by atoms with Gasteiger partial charge in [-0.2, -0.15) is 13.2 Å². The van der Waals surface area contributed by atoms with Crippen LogP contribution in [0.4, 0.5) is 13.2 Å². The summed E-state index contributed by atoms with van der Waals surface area (Å²) in [7, 11) is 0. The maximum absolute atomic E-state index is 13.8. The fraction of sp³-hybridized carbons (Fsp3) is 0.344. The van der Waals surface area contributed by atoms with E-state index in [9.17, 15) is 32.7 Å². The molecule has 41 heavy (non-hydrogen) atoms. The maximum Gasteiger partial charge on any atom is 0.403 e. The van der Waals surface area contributed by atoms with Gasteiger partial charge in [-0.1, -0.05) is 54.6 Å². The summed E-state index contributed by atoms with van der Waals surface area (Å²) >= 11 is 0. The summed E-state index contributed by atoms with van der Waals surface area (Å²) in [5.74, 6) is -2.01. The van der Waals surface area contributed by atoms with Crippen molar-refractivity contribution in [1.82, 2.24) is 10.2 Å². The van der Waals surface area contributed by atoms with Gasteiger partial charge >= 0.3 is 12.1 Å². The van der Waals surface area contributed by atoms with Crippen molar-refractivity contribution >= 4 is 17.8 Å². The van der Waals surface area contributed by atoms with Gasteiger partial charge < -0.3 is 15.3 Å². The van der Waals surface area contributed by atoms with Gasteiger partial charge in [0.25, 0.3) is 0 Å². The van der Waals surface area contributed by atoms with Crippen LogP contribution in [-0.2, 0) is 29.1 Å². The minimum atomic E-state index is -4.60. The lowest BCUT2D eigenvalue weighted by Crippen LogP contribution is -2.46. The smallest absolute Gasteiger partial charge is 0.403 e. The minimum Gasteiger partial charge on any atom is -0.478 e. The van der Waals surface area contributed by atoms with E-state index in [4.69, 9.17) is 0 Å². The number of alkyl halides is 3. The molecule has 212 valence electrons. The molecule has 0 unspecified atom stereocenters. The molecule has 0 spiro atoms. The molecule has 2 atom stereocenters. The third kappa shape index (κ3) is 4.98. The van der Waals surface area contributed by atoms with Crippen molar-refractivity contribution in [2.45, 2.75) is 50.9 Å². The summed E-state index contributed by atoms with van der Waals surface area (Å²) in [4.78, 5) is 39.0. The van der Waals surface area contributed by atoms with Gasteiger partial charge in [0.15, 0.2) is 0 Å². The van der Waals surface area contributed by atoms with E-state index in [-0.39, 0.29) is 55.8 Å². The van der Waals surface area contributed by atoms with E-state index in [1.54, 1.807) is 18.2 Å². The minimum absolute atomic E-state index is 0.000267. The molecule has 6 rings (SSSR count). The summed E-state index contributed by atoms with van der Waals surface area (Å²) in [5.41, 5.74) is 2.68. The summed E-state index contributed by atoms with van der Waals surface area (Å²) in [6.45, 7) is 0.312. The molecular formula is C32H29F3N2O4. The number of hydrogen-bond acceptors (Lipinski definition) is 3. The molecule has 3 aliphatic rings. The molecule has 0 radical (unpaired) electrons. The molecule has 0 aromatic heterocycles. The second kappa shape index (κ2) is 10.0. The molecule has 2 saturated carbocycles. The monoisotopic (exact) mass is 562 g/mol. The number of nitrogens with one attached hydrogen (secondary N) is 1. The van der Waals surface area contributed by atoms with E-state index in [0.717, 1.165) is 28.7 Å². The number of aromatic carboxylic acids is 1. The number of carbonyl (C=O) groups excluding carboxylic acids is 2. The molecule has 3 aromatic carbocycles. The van der Waals surface area contributed by atoms with Crippen LogP contribution >= 0.6 is 0 Å². The van der Waals surface area contributed by atoms with Crippen LogP contribution < -0.4 is 5.32 Å². The Bertz CT molecular complexity index is 1530. The third-order valence-electron chi connectivity index (χ3n) is 8.73. The number of hydrogen-bond donors (Lipinski definition) is 2. The lowest BCUT2D eigenvalue weighted by atomic mass is 9.86. The molecule has 1 aliphatic heterocycles. The standard InChI is InChI=1S/C32H29F3N2O4/c33-32(34,35)31(12-13-31)30(41)37-14-11-24-23(20-7-4-8-21(15-20)29(39)40)10-9-22(27(24)18-37)17-36-28(38)26-16-25(26)19-5-2-1-3-6-19/h1-10,15,25-26H,11-14,16-18H2,(H,36,38)(H,39,40)/t25-,26-/m1/s1. The molecule has 2 aliphatic carbocycles. The van der Waals surface area contributed by atoms with Crippen molar-refractivity contribution in [3.8, 4) is 11.1 Å². The van der Waals surface area contributed by atoms with Gasteiger partial charge in [-0.15, -0.1) is 0 Å². The van der Waals surface area contributed by atoms with Crippen LogP contribution in [-0.4, -0.2) is 40.5 Å². The highest BCUT2D eigenvalue weighted by molar-refractivity contribution is 5.90. The zero-order chi connectivity index (χ0) is 28.9. The summed E-state index contributed by atoms with van der Waals surface area (Å²) in [6, 6.07) is 20.0. The quantitative estimate of drug-likeness (QED) is 0.387. The van der Waals surface area contributed by atoms with Crippen LogP contribution in [0.5, 0.6) is 0 Å². The van der Waals surface area contributed by atoms with E-state index >= 15 is 0 Å². The number of fused-ring (bicyclic) bond motifs is 1. The van der Waals surface area contributed by atoms with Gasteiger partial charge in [-0.3, -0.25) is 9.59 Å². The second-order valence-corrected chi connectivity index (χ2v) is 11.2. The lowest BCUT2D eigenvalue weighted by Gasteiger charge is -2.35. The highest BCUT2D eigenvalue weighted by Crippen LogP contribution is 2.59. The third-order valence-corrected chi connectivity index (χ3v) is 8.73. The molecular weight excluding hydrogens is 533 g/mol. The Hall–Kier alpha value is -4.14. The first-order chi connectivity index (χ1) is 19.6. The molecule has 1 heterocycles. The average molecular weight is 563 g/mol. The fourth-order valence-electron chi connectivity index (χ4n) is 6.08. The Morgan fingerprint density at radius 1 is 0.976 bits per heavy atom. The Balaban J connectivity index is 1.28. The summed E-state index contributed by atoms with van der Waals surface area (Å²) in [5, 5.41) is 12.5. The highest BCUT2D eigenvalue weighted by atomic mass is 19.4. The molecule has 9 heteroatoms. The van der Waals surface area contributed by atoms with E-state index in [0.29, 0.717) is 17.5 Å². The van der Waals surface area contributed by atoms with Gasteiger partial charge in [-0.05, 0) is 77.1 Å². The maximum atomic E-state index is 13.8. The van der Waals surface area contributed by atoms with Crippen molar-refractivity contribution in [3.05, 3.63) is 94.5 Å². The van der Waals surface area contributed by atoms with Gasteiger partial charge in [0.05, 0.1) is 5.56 Å². The van der Waals surface area contributed by atoms with Crippen molar-refractivity contribution in [2.75, 3.05) is 6.54 Å². The molecule has 2 amide bonds. The molecule has 0 bridgehead atoms. The van der Waals surface area contributed by atoms with Crippen LogP contribution in [0.2, 0.25) is 0 Å².